The predicted molar refractivity (Wildman–Crippen MR) is 40.3 cm³/mol. The van der Waals surface area contributed by atoms with Crippen LogP contribution in [0.4, 0.5) is 0 Å². The Balaban J connectivity index is 0.000000640. The number of phenolic OH excluding ortho intramolecular Hbond substituents is 1. The molecule has 0 aromatic heterocycles. The van der Waals surface area contributed by atoms with Crippen molar-refractivity contribution < 1.29 is 5.11 Å². The number of phenols is 1. The Morgan fingerprint density at radius 2 is 2.00 bits per heavy atom. The van der Waals surface area contributed by atoms with Gasteiger partial charge in [0.05, 0.1) is 0 Å². The Hall–Kier alpha value is 0.310. The van der Waals surface area contributed by atoms with Crippen molar-refractivity contribution in [2.75, 3.05) is 0 Å². The van der Waals surface area contributed by atoms with Crippen LogP contribution in [0, 0.1) is 0 Å². The van der Waals surface area contributed by atoms with Crippen LogP contribution < -0.4 is 0 Å². The van der Waals surface area contributed by atoms with Gasteiger partial charge in [0, 0.05) is 5.02 Å². The molecule has 0 radical (unpaired) electrons. The second-order valence-corrected chi connectivity index (χ2v) is 1.92. The van der Waals surface area contributed by atoms with E-state index in [1.807, 2.05) is 0 Å². The van der Waals surface area contributed by atoms with Crippen molar-refractivity contribution in [1.82, 2.24) is 0 Å². The molecule has 0 saturated heterocycles. The van der Waals surface area contributed by atoms with Crippen LogP contribution in [0.1, 0.15) is 0 Å². The van der Waals surface area contributed by atoms with E-state index in [-0.39, 0.29) is 35.3 Å². The maximum absolute atomic E-state index is 8.73. The van der Waals surface area contributed by atoms with Gasteiger partial charge >= 0.3 is 29.6 Å². The van der Waals surface area contributed by atoms with E-state index in [2.05, 4.69) is 0 Å². The molecule has 1 aromatic rings. The van der Waals surface area contributed by atoms with Crippen LogP contribution in [0.25, 0.3) is 0 Å². The number of hydrogen-bond donors (Lipinski definition) is 1. The molecule has 1 rings (SSSR count). The summed E-state index contributed by atoms with van der Waals surface area (Å²) < 4.78 is 0. The third-order valence-electron chi connectivity index (χ3n) is 0.808. The molecule has 0 amide bonds. The van der Waals surface area contributed by atoms with Crippen molar-refractivity contribution in [2.24, 2.45) is 0 Å². The van der Waals surface area contributed by atoms with Gasteiger partial charge in [-0.3, -0.25) is 0 Å². The summed E-state index contributed by atoms with van der Waals surface area (Å²) in [6.45, 7) is 0. The Bertz CT molecular complexity index is 173. The second kappa shape index (κ2) is 4.18. The van der Waals surface area contributed by atoms with Crippen molar-refractivity contribution in [3.05, 3.63) is 29.3 Å². The summed E-state index contributed by atoms with van der Waals surface area (Å²) in [5.41, 5.74) is 0. The topological polar surface area (TPSA) is 20.2 Å². The first-order chi connectivity index (χ1) is 3.79. The van der Waals surface area contributed by atoms with Gasteiger partial charge in [0.15, 0.2) is 0 Å². The molecule has 0 aliphatic heterocycles. The molecule has 0 heterocycles. The molecule has 0 fully saturated rings. The summed E-state index contributed by atoms with van der Waals surface area (Å²) >= 11 is 5.48. The van der Waals surface area contributed by atoms with Gasteiger partial charge in [0.2, 0.25) is 0 Å². The van der Waals surface area contributed by atoms with Gasteiger partial charge in [0.1, 0.15) is 5.75 Å². The van der Waals surface area contributed by atoms with Gasteiger partial charge in [-0.25, -0.2) is 0 Å². The molecule has 0 aliphatic carbocycles. The average Bonchev–Trinajstić information content (AvgIpc) is 1.64. The molecule has 1 nitrogen and oxygen atoms in total. The number of hydrogen-bond acceptors (Lipinski definition) is 1. The van der Waals surface area contributed by atoms with Crippen molar-refractivity contribution in [1.29, 1.82) is 0 Å². The van der Waals surface area contributed by atoms with Crippen LogP contribution in [-0.4, -0.2) is 34.7 Å². The van der Waals surface area contributed by atoms with Crippen molar-refractivity contribution >= 4 is 41.2 Å². The minimum atomic E-state index is 0. The zero-order chi connectivity index (χ0) is 5.98. The van der Waals surface area contributed by atoms with Gasteiger partial charge in [-0.15, -0.1) is 0 Å². The molecule has 3 heteroatoms. The Labute approximate surface area is 80.9 Å². The summed E-state index contributed by atoms with van der Waals surface area (Å²) in [5, 5.41) is 9.29. The van der Waals surface area contributed by atoms with Gasteiger partial charge < -0.3 is 5.11 Å². The van der Waals surface area contributed by atoms with Gasteiger partial charge in [-0.2, -0.15) is 0 Å². The van der Waals surface area contributed by atoms with Crippen molar-refractivity contribution in [3.8, 4) is 5.75 Å². The zero-order valence-electron chi connectivity index (χ0n) is 4.13. The van der Waals surface area contributed by atoms with Crippen LogP contribution in [0.3, 0.4) is 0 Å². The number of rotatable bonds is 0. The number of halogens is 1. The first-order valence-corrected chi connectivity index (χ1v) is 2.61. The number of benzene rings is 1. The van der Waals surface area contributed by atoms with Crippen LogP contribution in [-0.2, 0) is 0 Å². The number of aromatic hydroxyl groups is 1. The first kappa shape index (κ1) is 9.31. The normalized spacial score (nSPS) is 8.11. The van der Waals surface area contributed by atoms with E-state index >= 15 is 0 Å². The maximum atomic E-state index is 8.73. The molecule has 0 spiro atoms. The molecule has 0 unspecified atom stereocenters. The van der Waals surface area contributed by atoms with Gasteiger partial charge in [-0.1, -0.05) is 17.7 Å². The molecule has 44 valence electrons. The minimum absolute atomic E-state index is 0. The molecule has 0 bridgehead atoms. The molecular weight excluding hydrogens is 147 g/mol. The van der Waals surface area contributed by atoms with Gasteiger partial charge in [-0.05, 0) is 18.2 Å². The van der Waals surface area contributed by atoms with Crippen molar-refractivity contribution in [2.45, 2.75) is 0 Å². The van der Waals surface area contributed by atoms with E-state index in [1.165, 1.54) is 6.07 Å². The molecule has 1 N–H and O–H groups in total. The van der Waals surface area contributed by atoms with Crippen LogP contribution in [0.2, 0.25) is 5.02 Å². The van der Waals surface area contributed by atoms with E-state index < -0.39 is 0 Å². The molecule has 1 aromatic carbocycles. The third kappa shape index (κ3) is 3.11. The predicted octanol–water partition coefficient (Wildman–Crippen LogP) is 1.40. The molecule has 0 aliphatic rings. The zero-order valence-corrected chi connectivity index (χ0v) is 4.89. The Morgan fingerprint density at radius 1 is 1.33 bits per heavy atom. The summed E-state index contributed by atoms with van der Waals surface area (Å²) in [6.07, 6.45) is 0. The second-order valence-electron chi connectivity index (χ2n) is 1.48. The van der Waals surface area contributed by atoms with Crippen LogP contribution in [0.15, 0.2) is 24.3 Å². The molecular formula is C6H6ClNaO. The fourth-order valence-corrected chi connectivity index (χ4v) is 0.661. The third-order valence-corrected chi connectivity index (χ3v) is 1.04. The van der Waals surface area contributed by atoms with E-state index in [0.29, 0.717) is 5.02 Å². The summed E-state index contributed by atoms with van der Waals surface area (Å²) in [7, 11) is 0. The fraction of sp³-hybridized carbons (Fsp3) is 0. The SMILES string of the molecule is Oc1cccc(Cl)c1.[NaH]. The summed E-state index contributed by atoms with van der Waals surface area (Å²) in [5.74, 6) is 0.206. The molecule has 0 saturated carbocycles. The van der Waals surface area contributed by atoms with E-state index in [9.17, 15) is 0 Å². The van der Waals surface area contributed by atoms with E-state index in [1.54, 1.807) is 18.2 Å². The first-order valence-electron chi connectivity index (χ1n) is 2.23. The molecule has 0 atom stereocenters. The summed E-state index contributed by atoms with van der Waals surface area (Å²) in [6, 6.07) is 6.46. The van der Waals surface area contributed by atoms with Crippen molar-refractivity contribution in [3.63, 3.8) is 0 Å². The fourth-order valence-electron chi connectivity index (χ4n) is 0.476. The average molecular weight is 153 g/mol. The Morgan fingerprint density at radius 3 is 2.33 bits per heavy atom. The monoisotopic (exact) mass is 152 g/mol. The van der Waals surface area contributed by atoms with Crippen LogP contribution in [0.5, 0.6) is 5.75 Å². The quantitative estimate of drug-likeness (QED) is 0.557. The van der Waals surface area contributed by atoms with Crippen LogP contribution >= 0.6 is 11.6 Å². The van der Waals surface area contributed by atoms with Gasteiger partial charge in [0.25, 0.3) is 0 Å². The molecule has 9 heavy (non-hydrogen) atoms. The van der Waals surface area contributed by atoms with E-state index in [4.69, 9.17) is 16.7 Å². The Kier molecular flexibility index (Phi) is 4.32. The standard InChI is InChI=1S/C6H5ClO.Na.H/c7-5-2-1-3-6(8)4-5;;/h1-4,8H;;. The van der Waals surface area contributed by atoms with E-state index in [0.717, 1.165) is 0 Å². The summed E-state index contributed by atoms with van der Waals surface area (Å²) in [4.78, 5) is 0.